The van der Waals surface area contributed by atoms with Crippen LogP contribution in [0.15, 0.2) is 33.3 Å². The molecule has 2 amide bonds. The Balaban J connectivity index is 2.25. The van der Waals surface area contributed by atoms with E-state index in [4.69, 9.17) is 4.74 Å². The molecule has 29 heavy (non-hydrogen) atoms. The van der Waals surface area contributed by atoms with Gasteiger partial charge in [0.25, 0.3) is 11.8 Å². The molecule has 0 saturated heterocycles. The zero-order valence-electron chi connectivity index (χ0n) is 16.3. The molecule has 1 heterocycles. The number of rotatable bonds is 7. The summed E-state index contributed by atoms with van der Waals surface area (Å²) < 4.78 is 11.7. The molecule has 0 radical (unpaired) electrons. The molecule has 10 heteroatoms. The summed E-state index contributed by atoms with van der Waals surface area (Å²) in [7, 11) is 1.25. The number of nitrogens with one attached hydrogen (secondary N) is 3. The van der Waals surface area contributed by atoms with Gasteiger partial charge in [-0.2, -0.15) is 0 Å². The first-order valence-electron chi connectivity index (χ1n) is 8.67. The topological polar surface area (TPSA) is 110 Å². The fraction of sp³-hybridized carbons (Fsp3) is 0.316. The van der Waals surface area contributed by atoms with Crippen LogP contribution < -0.4 is 15.4 Å². The minimum atomic E-state index is -0.800. The summed E-state index contributed by atoms with van der Waals surface area (Å²) in [5.74, 6) is -1.06. The Bertz CT molecular complexity index is 907. The van der Waals surface area contributed by atoms with Crippen LogP contribution in [0.5, 0.6) is 5.75 Å². The Morgan fingerprint density at radius 2 is 1.76 bits per heavy atom. The lowest BCUT2D eigenvalue weighted by atomic mass is 10.1. The third-order valence-electron chi connectivity index (χ3n) is 3.73. The lowest BCUT2D eigenvalue weighted by Gasteiger charge is -2.17. The zero-order chi connectivity index (χ0) is 21.7. The summed E-state index contributed by atoms with van der Waals surface area (Å²) in [6.45, 7) is 5.18. The number of carbonyl (C=O) groups excluding carboxylic acids is 3. The molecule has 0 unspecified atom stereocenters. The van der Waals surface area contributed by atoms with E-state index in [0.717, 1.165) is 0 Å². The number of benzene rings is 1. The van der Waals surface area contributed by atoms with Crippen molar-refractivity contribution in [3.05, 3.63) is 44.6 Å². The van der Waals surface area contributed by atoms with Gasteiger partial charge in [-0.05, 0) is 76.9 Å². The average Bonchev–Trinajstić information content (AvgIpc) is 3.00. The van der Waals surface area contributed by atoms with Crippen molar-refractivity contribution in [3.8, 4) is 5.75 Å². The second-order valence-corrected chi connectivity index (χ2v) is 8.04. The normalized spacial score (nSPS) is 11.7. The lowest BCUT2D eigenvalue weighted by molar-refractivity contribution is -0.142. The maximum atomic E-state index is 12.5. The number of amides is 2. The number of hydrogen-bond donors (Lipinski definition) is 3. The summed E-state index contributed by atoms with van der Waals surface area (Å²) in [6.07, 6.45) is -0.188. The number of H-pyrrole nitrogens is 1. The number of aromatic nitrogens is 1. The number of anilines is 1. The highest BCUT2D eigenvalue weighted by molar-refractivity contribution is 9.13. The van der Waals surface area contributed by atoms with Crippen molar-refractivity contribution in [3.63, 3.8) is 0 Å². The minimum absolute atomic E-state index is 0.188. The average molecular weight is 531 g/mol. The predicted molar refractivity (Wildman–Crippen MR) is 115 cm³/mol. The van der Waals surface area contributed by atoms with E-state index in [1.807, 2.05) is 13.8 Å². The van der Waals surface area contributed by atoms with Gasteiger partial charge in [-0.1, -0.05) is 0 Å². The highest BCUT2D eigenvalue weighted by Crippen LogP contribution is 2.29. The van der Waals surface area contributed by atoms with Gasteiger partial charge in [-0.15, -0.1) is 0 Å². The van der Waals surface area contributed by atoms with Gasteiger partial charge in [0.15, 0.2) is 0 Å². The molecule has 8 nitrogen and oxygen atoms in total. The molecule has 2 aromatic rings. The van der Waals surface area contributed by atoms with Crippen LogP contribution in [0.25, 0.3) is 0 Å². The van der Waals surface area contributed by atoms with E-state index in [2.05, 4.69) is 52.2 Å². The van der Waals surface area contributed by atoms with Crippen molar-refractivity contribution in [2.24, 2.45) is 0 Å². The fourth-order valence-electron chi connectivity index (χ4n) is 2.35. The van der Waals surface area contributed by atoms with Crippen LogP contribution in [-0.2, 0) is 9.53 Å². The first-order chi connectivity index (χ1) is 13.6. The quantitative estimate of drug-likeness (QED) is 0.471. The Morgan fingerprint density at radius 3 is 2.31 bits per heavy atom. The van der Waals surface area contributed by atoms with Crippen molar-refractivity contribution in [2.75, 3.05) is 12.4 Å². The molecule has 0 aliphatic carbocycles. The lowest BCUT2D eigenvalue weighted by Crippen LogP contribution is -2.39. The van der Waals surface area contributed by atoms with Crippen LogP contribution in [0.3, 0.4) is 0 Å². The first kappa shape index (κ1) is 23.0. The SMILES string of the molecule is COC(=O)[C@H](C)NC(=O)c1ccc(NC(=O)c2cc(Br)c(Br)[nH]2)c(OC(C)C)c1. The number of ether oxygens (including phenoxy) is 2. The highest BCUT2D eigenvalue weighted by Gasteiger charge is 2.20. The summed E-state index contributed by atoms with van der Waals surface area (Å²) in [4.78, 5) is 39.4. The standard InChI is InChI=1S/C19H21Br2N3O5/c1-9(2)29-15-7-11(17(25)22-10(3)19(27)28-4)5-6-13(15)24-18(26)14-8-12(20)16(21)23-14/h5-10,23H,1-4H3,(H,22,25)(H,24,26)/t10-/m0/s1. The van der Waals surface area contributed by atoms with E-state index in [9.17, 15) is 14.4 Å². The molecule has 0 saturated carbocycles. The molecule has 1 atom stereocenters. The maximum absolute atomic E-state index is 12.5. The number of methoxy groups -OCH3 is 1. The smallest absolute Gasteiger partial charge is 0.328 e. The Kier molecular flexibility index (Phi) is 7.86. The molecule has 0 spiro atoms. The van der Waals surface area contributed by atoms with Crippen LogP contribution >= 0.6 is 31.9 Å². The van der Waals surface area contributed by atoms with E-state index in [-0.39, 0.29) is 17.6 Å². The molecular weight excluding hydrogens is 510 g/mol. The Labute approximate surface area is 185 Å². The van der Waals surface area contributed by atoms with Gasteiger partial charge in [-0.25, -0.2) is 4.79 Å². The summed E-state index contributed by atoms with van der Waals surface area (Å²) in [5.41, 5.74) is 1.02. The van der Waals surface area contributed by atoms with Gasteiger partial charge in [-0.3, -0.25) is 9.59 Å². The van der Waals surface area contributed by atoms with Gasteiger partial charge in [0, 0.05) is 5.56 Å². The molecule has 1 aromatic carbocycles. The van der Waals surface area contributed by atoms with E-state index >= 15 is 0 Å². The molecule has 0 aliphatic heterocycles. The van der Waals surface area contributed by atoms with Gasteiger partial charge >= 0.3 is 5.97 Å². The van der Waals surface area contributed by atoms with Crippen molar-refractivity contribution < 1.29 is 23.9 Å². The van der Waals surface area contributed by atoms with Crippen LogP contribution in [0, 0.1) is 0 Å². The van der Waals surface area contributed by atoms with E-state index in [1.165, 1.54) is 26.2 Å². The summed E-state index contributed by atoms with van der Waals surface area (Å²) in [5, 5.41) is 5.32. The van der Waals surface area contributed by atoms with Crippen LogP contribution in [0.1, 0.15) is 41.6 Å². The Hall–Kier alpha value is -2.33. The number of carbonyl (C=O) groups is 3. The fourth-order valence-corrected chi connectivity index (χ4v) is 3.01. The second kappa shape index (κ2) is 9.93. The van der Waals surface area contributed by atoms with Crippen molar-refractivity contribution >= 4 is 55.3 Å². The van der Waals surface area contributed by atoms with Crippen LogP contribution in [-0.4, -0.2) is 42.0 Å². The molecule has 1 aromatic heterocycles. The van der Waals surface area contributed by atoms with E-state index in [0.29, 0.717) is 26.2 Å². The monoisotopic (exact) mass is 529 g/mol. The third kappa shape index (κ3) is 6.07. The molecule has 0 aliphatic rings. The molecule has 3 N–H and O–H groups in total. The van der Waals surface area contributed by atoms with Crippen LogP contribution in [0.4, 0.5) is 5.69 Å². The Morgan fingerprint density at radius 1 is 1.07 bits per heavy atom. The summed E-state index contributed by atoms with van der Waals surface area (Å²) >= 11 is 6.61. The van der Waals surface area contributed by atoms with Gasteiger partial charge in [0.2, 0.25) is 0 Å². The minimum Gasteiger partial charge on any atom is -0.489 e. The van der Waals surface area contributed by atoms with Crippen LogP contribution in [0.2, 0.25) is 0 Å². The highest BCUT2D eigenvalue weighted by atomic mass is 79.9. The van der Waals surface area contributed by atoms with Crippen molar-refractivity contribution in [1.29, 1.82) is 0 Å². The zero-order valence-corrected chi connectivity index (χ0v) is 19.4. The molecule has 156 valence electrons. The number of esters is 1. The number of aromatic amines is 1. The van der Waals surface area contributed by atoms with Gasteiger partial charge in [0.1, 0.15) is 17.5 Å². The van der Waals surface area contributed by atoms with E-state index in [1.54, 1.807) is 12.1 Å². The van der Waals surface area contributed by atoms with Crippen molar-refractivity contribution in [2.45, 2.75) is 32.9 Å². The molecule has 2 rings (SSSR count). The molecular formula is C19H21Br2N3O5. The number of hydrogen-bond acceptors (Lipinski definition) is 5. The number of halogens is 2. The molecule has 0 bridgehead atoms. The second-order valence-electron chi connectivity index (χ2n) is 6.39. The van der Waals surface area contributed by atoms with E-state index < -0.39 is 17.9 Å². The summed E-state index contributed by atoms with van der Waals surface area (Å²) in [6, 6.07) is 5.45. The first-order valence-corrected chi connectivity index (χ1v) is 10.3. The third-order valence-corrected chi connectivity index (χ3v) is 5.51. The van der Waals surface area contributed by atoms with Gasteiger partial charge in [0.05, 0.1) is 28.0 Å². The van der Waals surface area contributed by atoms with Gasteiger partial charge < -0.3 is 25.1 Å². The maximum Gasteiger partial charge on any atom is 0.328 e. The van der Waals surface area contributed by atoms with Crippen molar-refractivity contribution in [1.82, 2.24) is 10.3 Å². The predicted octanol–water partition coefficient (Wildman–Crippen LogP) is 3.87. The largest absolute Gasteiger partial charge is 0.489 e. The molecule has 0 fully saturated rings.